The second-order valence-corrected chi connectivity index (χ2v) is 4.40. The summed E-state index contributed by atoms with van der Waals surface area (Å²) in [5.74, 6) is 1.08. The Morgan fingerprint density at radius 3 is 2.95 bits per heavy atom. The van der Waals surface area contributed by atoms with Crippen molar-refractivity contribution in [2.75, 3.05) is 7.11 Å². The van der Waals surface area contributed by atoms with Crippen molar-refractivity contribution in [3.05, 3.63) is 30.1 Å². The van der Waals surface area contributed by atoms with Gasteiger partial charge in [0.15, 0.2) is 5.82 Å². The van der Waals surface area contributed by atoms with E-state index in [1.807, 2.05) is 24.3 Å². The molecule has 1 N–H and O–H groups in total. The molecule has 98 valence electrons. The number of carbonyl (C=O) groups is 1. The van der Waals surface area contributed by atoms with Crippen molar-refractivity contribution in [2.24, 2.45) is 0 Å². The van der Waals surface area contributed by atoms with E-state index in [0.717, 1.165) is 5.56 Å². The third-order valence-electron chi connectivity index (χ3n) is 3.35. The van der Waals surface area contributed by atoms with Gasteiger partial charge in [-0.1, -0.05) is 12.1 Å². The van der Waals surface area contributed by atoms with Crippen molar-refractivity contribution in [1.82, 2.24) is 14.8 Å². The number of methoxy groups -OCH3 is 1. The van der Waals surface area contributed by atoms with Gasteiger partial charge in [-0.3, -0.25) is 4.57 Å². The van der Waals surface area contributed by atoms with Crippen LogP contribution in [0.15, 0.2) is 24.3 Å². The van der Waals surface area contributed by atoms with Gasteiger partial charge in [-0.15, -0.1) is 10.2 Å². The minimum absolute atomic E-state index is 0.553. The zero-order valence-corrected chi connectivity index (χ0v) is 10.4. The van der Waals surface area contributed by atoms with Gasteiger partial charge in [0, 0.05) is 6.42 Å². The van der Waals surface area contributed by atoms with Gasteiger partial charge in [0.1, 0.15) is 17.6 Å². The second kappa shape index (κ2) is 4.38. The first-order valence-corrected chi connectivity index (χ1v) is 6.02. The van der Waals surface area contributed by atoms with Crippen LogP contribution in [0.5, 0.6) is 5.75 Å². The molecule has 6 nitrogen and oxygen atoms in total. The Bertz CT molecular complexity index is 636. The van der Waals surface area contributed by atoms with Crippen molar-refractivity contribution in [1.29, 1.82) is 0 Å². The molecule has 1 aliphatic rings. The zero-order valence-electron chi connectivity index (χ0n) is 10.4. The molecule has 19 heavy (non-hydrogen) atoms. The predicted molar refractivity (Wildman–Crippen MR) is 67.0 cm³/mol. The largest absolute Gasteiger partial charge is 0.496 e. The van der Waals surface area contributed by atoms with E-state index in [4.69, 9.17) is 4.74 Å². The lowest BCUT2D eigenvalue weighted by Gasteiger charge is -2.12. The molecule has 2 aromatic rings. The number of fused-ring (bicyclic) bond motifs is 1. The molecule has 0 amide bonds. The number of hydrogen-bond donors (Lipinski definition) is 1. The van der Waals surface area contributed by atoms with E-state index >= 15 is 0 Å². The third-order valence-corrected chi connectivity index (χ3v) is 3.35. The highest BCUT2D eigenvalue weighted by molar-refractivity contribution is 5.75. The molecule has 0 saturated carbocycles. The maximum atomic E-state index is 11.3. The summed E-state index contributed by atoms with van der Waals surface area (Å²) in [5, 5.41) is 17.5. The predicted octanol–water partition coefficient (Wildman–Crippen LogP) is 1.53. The van der Waals surface area contributed by atoms with Gasteiger partial charge in [0.2, 0.25) is 0 Å². The number of benzene rings is 1. The summed E-state index contributed by atoms with van der Waals surface area (Å²) in [7, 11) is 1.58. The summed E-state index contributed by atoms with van der Waals surface area (Å²) in [6.45, 7) is 0. The Kier molecular flexibility index (Phi) is 2.70. The first-order chi connectivity index (χ1) is 9.22. The zero-order chi connectivity index (χ0) is 13.4. The minimum Gasteiger partial charge on any atom is -0.496 e. The topological polar surface area (TPSA) is 77.2 Å². The number of rotatable bonds is 3. The molecule has 6 heteroatoms. The van der Waals surface area contributed by atoms with Crippen LogP contribution >= 0.6 is 0 Å². The van der Waals surface area contributed by atoms with Crippen LogP contribution in [0.1, 0.15) is 18.3 Å². The fraction of sp³-hybridized carbons (Fsp3) is 0.308. The number of nitrogens with zero attached hydrogens (tertiary/aromatic N) is 3. The van der Waals surface area contributed by atoms with E-state index in [2.05, 4.69) is 10.2 Å². The van der Waals surface area contributed by atoms with Gasteiger partial charge < -0.3 is 9.84 Å². The number of carboxylic acids is 1. The van der Waals surface area contributed by atoms with Crippen LogP contribution < -0.4 is 4.74 Å². The molecular formula is C13H13N3O3. The lowest BCUT2D eigenvalue weighted by atomic mass is 10.1. The maximum absolute atomic E-state index is 11.3. The van der Waals surface area contributed by atoms with Crippen molar-refractivity contribution in [2.45, 2.75) is 18.9 Å². The van der Waals surface area contributed by atoms with Gasteiger partial charge >= 0.3 is 5.97 Å². The van der Waals surface area contributed by atoms with E-state index < -0.39 is 12.0 Å². The molecule has 1 aromatic carbocycles. The van der Waals surface area contributed by atoms with Gasteiger partial charge in [-0.2, -0.15) is 0 Å². The van der Waals surface area contributed by atoms with Crippen molar-refractivity contribution < 1.29 is 14.6 Å². The summed E-state index contributed by atoms with van der Waals surface area (Å²) in [5.41, 5.74) is 0.761. The fourth-order valence-electron chi connectivity index (χ4n) is 2.46. The lowest BCUT2D eigenvalue weighted by molar-refractivity contribution is -0.140. The van der Waals surface area contributed by atoms with Crippen molar-refractivity contribution in [3.63, 3.8) is 0 Å². The standard InChI is InChI=1S/C13H13N3O3/c1-19-10-5-3-2-4-8(10)12-15-14-11-7-6-9(13(17)18)16(11)12/h2-5,9H,6-7H2,1H3,(H,17,18). The molecule has 0 fully saturated rings. The van der Waals surface area contributed by atoms with Gasteiger partial charge in [0.25, 0.3) is 0 Å². The molecule has 1 aliphatic heterocycles. The molecule has 0 radical (unpaired) electrons. The Balaban J connectivity index is 2.15. The highest BCUT2D eigenvalue weighted by Crippen LogP contribution is 2.34. The molecule has 3 rings (SSSR count). The van der Waals surface area contributed by atoms with Crippen molar-refractivity contribution >= 4 is 5.97 Å². The van der Waals surface area contributed by atoms with Gasteiger partial charge in [-0.25, -0.2) is 4.79 Å². The maximum Gasteiger partial charge on any atom is 0.326 e. The molecule has 1 atom stereocenters. The first kappa shape index (κ1) is 11.7. The highest BCUT2D eigenvalue weighted by Gasteiger charge is 2.33. The van der Waals surface area contributed by atoms with Crippen LogP contribution in [-0.2, 0) is 11.2 Å². The highest BCUT2D eigenvalue weighted by atomic mass is 16.5. The average Bonchev–Trinajstić information content (AvgIpc) is 2.99. The van der Waals surface area contributed by atoms with Crippen LogP contribution in [0.2, 0.25) is 0 Å². The Morgan fingerprint density at radius 2 is 2.21 bits per heavy atom. The summed E-state index contributed by atoms with van der Waals surface area (Å²) in [4.78, 5) is 11.3. The van der Waals surface area contributed by atoms with Crippen LogP contribution in [0, 0.1) is 0 Å². The summed E-state index contributed by atoms with van der Waals surface area (Å²) >= 11 is 0. The van der Waals surface area contributed by atoms with E-state index in [9.17, 15) is 9.90 Å². The van der Waals surface area contributed by atoms with Crippen LogP contribution in [0.4, 0.5) is 0 Å². The minimum atomic E-state index is -0.852. The Hall–Kier alpha value is -2.37. The monoisotopic (exact) mass is 259 g/mol. The number of aromatic nitrogens is 3. The fourth-order valence-corrected chi connectivity index (χ4v) is 2.46. The number of carboxylic acid groups (broad SMARTS) is 1. The molecule has 0 bridgehead atoms. The van der Waals surface area contributed by atoms with E-state index in [-0.39, 0.29) is 0 Å². The number of aryl methyl sites for hydroxylation is 1. The smallest absolute Gasteiger partial charge is 0.326 e. The van der Waals surface area contributed by atoms with E-state index in [0.29, 0.717) is 30.2 Å². The molecule has 2 heterocycles. The number of hydrogen-bond acceptors (Lipinski definition) is 4. The normalized spacial score (nSPS) is 17.2. The quantitative estimate of drug-likeness (QED) is 0.904. The van der Waals surface area contributed by atoms with E-state index in [1.54, 1.807) is 11.7 Å². The summed E-state index contributed by atoms with van der Waals surface area (Å²) in [6, 6.07) is 6.81. The third kappa shape index (κ3) is 1.76. The van der Waals surface area contributed by atoms with Crippen LogP contribution in [0.3, 0.4) is 0 Å². The Labute approximate surface area is 109 Å². The average molecular weight is 259 g/mol. The van der Waals surface area contributed by atoms with Crippen LogP contribution in [0.25, 0.3) is 11.4 Å². The van der Waals surface area contributed by atoms with E-state index in [1.165, 1.54) is 0 Å². The summed E-state index contributed by atoms with van der Waals surface area (Å²) < 4.78 is 6.99. The number of aliphatic carboxylic acids is 1. The lowest BCUT2D eigenvalue weighted by Crippen LogP contribution is -2.16. The van der Waals surface area contributed by atoms with Gasteiger partial charge in [-0.05, 0) is 18.6 Å². The SMILES string of the molecule is COc1ccccc1-c1nnc2n1C(C(=O)O)CC2. The molecule has 0 aliphatic carbocycles. The van der Waals surface area contributed by atoms with Gasteiger partial charge in [0.05, 0.1) is 12.7 Å². The van der Waals surface area contributed by atoms with Crippen LogP contribution in [-0.4, -0.2) is 33.0 Å². The first-order valence-electron chi connectivity index (χ1n) is 6.02. The second-order valence-electron chi connectivity index (χ2n) is 4.40. The summed E-state index contributed by atoms with van der Waals surface area (Å²) in [6.07, 6.45) is 1.20. The molecular weight excluding hydrogens is 246 g/mol. The number of para-hydroxylation sites is 1. The molecule has 0 spiro atoms. The molecule has 1 aromatic heterocycles. The molecule has 0 saturated heterocycles. The molecule has 1 unspecified atom stereocenters. The number of ether oxygens (including phenoxy) is 1. The Morgan fingerprint density at radius 1 is 1.42 bits per heavy atom. The van der Waals surface area contributed by atoms with Crippen molar-refractivity contribution in [3.8, 4) is 17.1 Å².